The maximum atomic E-state index is 12.5. The highest BCUT2D eigenvalue weighted by Crippen LogP contribution is 2.37. The predicted molar refractivity (Wildman–Crippen MR) is 42.6 cm³/mol. The molecule has 3 nitrogen and oxygen atoms in total. The molecule has 0 aliphatic carbocycles. The van der Waals surface area contributed by atoms with Gasteiger partial charge in [-0.15, -0.1) is 5.11 Å². The van der Waals surface area contributed by atoms with Gasteiger partial charge in [-0.25, -0.2) is 5.53 Å². The molecule has 1 aliphatic heterocycles. The Morgan fingerprint density at radius 2 is 2.21 bits per heavy atom. The minimum atomic E-state index is -4.51. The first-order valence-electron chi connectivity index (χ1n) is 4.01. The van der Waals surface area contributed by atoms with Crippen LogP contribution in [0, 0.1) is 5.53 Å². The number of ether oxygens (including phenoxy) is 1. The van der Waals surface area contributed by atoms with Crippen molar-refractivity contribution in [2.75, 3.05) is 6.61 Å². The summed E-state index contributed by atoms with van der Waals surface area (Å²) in [6.45, 7) is 1.66. The third-order valence-corrected chi connectivity index (χ3v) is 1.85. The Hall–Kier alpha value is -1.33. The SMILES string of the molecule is CCC1=CCOC(N=N)=C1C(F)(F)F. The molecule has 0 aromatic rings. The van der Waals surface area contributed by atoms with Crippen molar-refractivity contribution < 1.29 is 17.9 Å². The summed E-state index contributed by atoms with van der Waals surface area (Å²) in [5.74, 6) is -0.642. The standard InChI is InChI=1S/C8H9F3N2O/c1-2-5-3-4-14-7(13-12)6(5)8(9,10)11/h3,12H,2,4H2,1H3. The second kappa shape index (κ2) is 3.81. The maximum Gasteiger partial charge on any atom is 0.421 e. The largest absolute Gasteiger partial charge is 0.472 e. The second-order valence-electron chi connectivity index (χ2n) is 2.68. The molecule has 0 radical (unpaired) electrons. The summed E-state index contributed by atoms with van der Waals surface area (Å²) in [4.78, 5) is 0. The minimum Gasteiger partial charge on any atom is -0.472 e. The van der Waals surface area contributed by atoms with Crippen molar-refractivity contribution in [2.45, 2.75) is 19.5 Å². The number of rotatable bonds is 2. The first-order valence-corrected chi connectivity index (χ1v) is 4.01. The fourth-order valence-corrected chi connectivity index (χ4v) is 1.25. The number of nitrogens with one attached hydrogen (secondary N) is 1. The van der Waals surface area contributed by atoms with Crippen LogP contribution in [-0.4, -0.2) is 12.8 Å². The highest BCUT2D eigenvalue weighted by Gasteiger charge is 2.40. The summed E-state index contributed by atoms with van der Waals surface area (Å²) in [5.41, 5.74) is 5.79. The first-order chi connectivity index (χ1) is 6.50. The molecule has 14 heavy (non-hydrogen) atoms. The summed E-state index contributed by atoms with van der Waals surface area (Å²) in [6, 6.07) is 0. The molecule has 1 heterocycles. The average Bonchev–Trinajstić information content (AvgIpc) is 2.15. The van der Waals surface area contributed by atoms with E-state index in [0.29, 0.717) is 0 Å². The highest BCUT2D eigenvalue weighted by atomic mass is 19.4. The van der Waals surface area contributed by atoms with Gasteiger partial charge in [0.05, 0.1) is 0 Å². The normalized spacial score (nSPS) is 17.6. The van der Waals surface area contributed by atoms with E-state index in [9.17, 15) is 13.2 Å². The lowest BCUT2D eigenvalue weighted by Crippen LogP contribution is -2.20. The summed E-state index contributed by atoms with van der Waals surface area (Å²) in [7, 11) is 0. The van der Waals surface area contributed by atoms with Gasteiger partial charge in [0.1, 0.15) is 12.2 Å². The highest BCUT2D eigenvalue weighted by molar-refractivity contribution is 5.38. The van der Waals surface area contributed by atoms with Crippen LogP contribution >= 0.6 is 0 Å². The fraction of sp³-hybridized carbons (Fsp3) is 0.500. The van der Waals surface area contributed by atoms with Crippen LogP contribution < -0.4 is 0 Å². The molecular weight excluding hydrogens is 197 g/mol. The third-order valence-electron chi connectivity index (χ3n) is 1.85. The van der Waals surface area contributed by atoms with Gasteiger partial charge in [-0.3, -0.25) is 0 Å². The molecule has 1 rings (SSSR count). The van der Waals surface area contributed by atoms with Crippen molar-refractivity contribution in [3.63, 3.8) is 0 Å². The zero-order chi connectivity index (χ0) is 10.8. The number of allylic oxidation sites excluding steroid dienone is 2. The van der Waals surface area contributed by atoms with E-state index in [-0.39, 0.29) is 18.6 Å². The van der Waals surface area contributed by atoms with E-state index in [1.807, 2.05) is 0 Å². The van der Waals surface area contributed by atoms with E-state index in [1.54, 1.807) is 6.92 Å². The number of halogens is 3. The van der Waals surface area contributed by atoms with Crippen LogP contribution in [-0.2, 0) is 4.74 Å². The Morgan fingerprint density at radius 3 is 2.64 bits per heavy atom. The number of hydrogen-bond donors (Lipinski definition) is 1. The molecule has 0 amide bonds. The lowest BCUT2D eigenvalue weighted by molar-refractivity contribution is -0.0940. The molecule has 0 saturated heterocycles. The van der Waals surface area contributed by atoms with Gasteiger partial charge in [-0.2, -0.15) is 13.2 Å². The topological polar surface area (TPSA) is 45.4 Å². The zero-order valence-corrected chi connectivity index (χ0v) is 7.48. The summed E-state index contributed by atoms with van der Waals surface area (Å²) in [5, 5.41) is 2.74. The molecule has 0 spiro atoms. The van der Waals surface area contributed by atoms with E-state index >= 15 is 0 Å². The third kappa shape index (κ3) is 1.94. The number of nitrogens with zero attached hydrogens (tertiary/aromatic N) is 1. The fourth-order valence-electron chi connectivity index (χ4n) is 1.25. The van der Waals surface area contributed by atoms with Gasteiger partial charge >= 0.3 is 6.18 Å². The van der Waals surface area contributed by atoms with Crippen LogP contribution in [0.5, 0.6) is 0 Å². The molecule has 1 aliphatic rings. The van der Waals surface area contributed by atoms with Crippen LogP contribution in [0.25, 0.3) is 0 Å². The molecule has 0 bridgehead atoms. The monoisotopic (exact) mass is 206 g/mol. The van der Waals surface area contributed by atoms with Gasteiger partial charge in [-0.05, 0) is 18.1 Å². The number of hydrogen-bond acceptors (Lipinski definition) is 3. The second-order valence-corrected chi connectivity index (χ2v) is 2.68. The molecule has 0 fully saturated rings. The van der Waals surface area contributed by atoms with Crippen LogP contribution in [0.3, 0.4) is 0 Å². The Labute approximate surface area is 78.8 Å². The van der Waals surface area contributed by atoms with Crippen LogP contribution in [0.4, 0.5) is 13.2 Å². The molecule has 78 valence electrons. The van der Waals surface area contributed by atoms with Crippen molar-refractivity contribution in [1.82, 2.24) is 0 Å². The van der Waals surface area contributed by atoms with E-state index in [2.05, 4.69) is 9.85 Å². The van der Waals surface area contributed by atoms with E-state index in [0.717, 1.165) is 0 Å². The Balaban J connectivity index is 3.19. The predicted octanol–water partition coefficient (Wildman–Crippen LogP) is 3.16. The summed E-state index contributed by atoms with van der Waals surface area (Å²) < 4.78 is 42.1. The van der Waals surface area contributed by atoms with E-state index in [1.165, 1.54) is 6.08 Å². The van der Waals surface area contributed by atoms with Gasteiger partial charge < -0.3 is 4.74 Å². The smallest absolute Gasteiger partial charge is 0.421 e. The molecular formula is C8H9F3N2O. The lowest BCUT2D eigenvalue weighted by atomic mass is 10.0. The van der Waals surface area contributed by atoms with Gasteiger partial charge in [-0.1, -0.05) is 6.92 Å². The minimum absolute atomic E-state index is 0.0421. The van der Waals surface area contributed by atoms with Gasteiger partial charge in [0.25, 0.3) is 0 Å². The van der Waals surface area contributed by atoms with E-state index < -0.39 is 17.6 Å². The molecule has 0 aromatic heterocycles. The molecule has 6 heteroatoms. The van der Waals surface area contributed by atoms with Crippen LogP contribution in [0.1, 0.15) is 13.3 Å². The van der Waals surface area contributed by atoms with Gasteiger partial charge in [0, 0.05) is 0 Å². The van der Waals surface area contributed by atoms with Crippen LogP contribution in [0.15, 0.2) is 28.2 Å². The van der Waals surface area contributed by atoms with Crippen molar-refractivity contribution >= 4 is 0 Å². The van der Waals surface area contributed by atoms with Crippen LogP contribution in [0.2, 0.25) is 0 Å². The van der Waals surface area contributed by atoms with E-state index in [4.69, 9.17) is 5.53 Å². The number of alkyl halides is 3. The Kier molecular flexibility index (Phi) is 2.93. The molecule has 1 N–H and O–H groups in total. The maximum absolute atomic E-state index is 12.5. The zero-order valence-electron chi connectivity index (χ0n) is 7.48. The Bertz CT molecular complexity index is 304. The summed E-state index contributed by atoms with van der Waals surface area (Å²) >= 11 is 0. The van der Waals surface area contributed by atoms with Gasteiger partial charge in [0.2, 0.25) is 5.88 Å². The quantitative estimate of drug-likeness (QED) is 0.693. The average molecular weight is 206 g/mol. The van der Waals surface area contributed by atoms with Gasteiger partial charge in [0.15, 0.2) is 0 Å². The summed E-state index contributed by atoms with van der Waals surface area (Å²) in [6.07, 6.45) is -2.91. The van der Waals surface area contributed by atoms with Crippen molar-refractivity contribution in [3.8, 4) is 0 Å². The molecule has 0 atom stereocenters. The Morgan fingerprint density at radius 1 is 1.57 bits per heavy atom. The first kappa shape index (κ1) is 10.7. The molecule has 0 saturated carbocycles. The molecule has 0 unspecified atom stereocenters. The van der Waals surface area contributed by atoms with Crippen molar-refractivity contribution in [1.29, 1.82) is 5.53 Å². The lowest BCUT2D eigenvalue weighted by Gasteiger charge is -2.20. The van der Waals surface area contributed by atoms with Crippen molar-refractivity contribution in [3.05, 3.63) is 23.1 Å². The van der Waals surface area contributed by atoms with Crippen molar-refractivity contribution in [2.24, 2.45) is 5.11 Å². The molecule has 0 aromatic carbocycles.